The minimum Gasteiger partial charge on any atom is -0.488 e. The van der Waals surface area contributed by atoms with Crippen LogP contribution in [0.4, 0.5) is 4.39 Å². The molecular formula is C25H17FN2O3. The molecule has 0 atom stereocenters. The maximum absolute atomic E-state index is 13.4. The van der Waals surface area contributed by atoms with Crippen LogP contribution in [0.1, 0.15) is 21.5 Å². The third-order valence-corrected chi connectivity index (χ3v) is 4.82. The van der Waals surface area contributed by atoms with E-state index in [1.165, 1.54) is 24.3 Å². The monoisotopic (exact) mass is 412 g/mol. The van der Waals surface area contributed by atoms with Crippen LogP contribution in [0.25, 0.3) is 16.8 Å². The molecule has 1 N–H and O–H groups in total. The summed E-state index contributed by atoms with van der Waals surface area (Å²) >= 11 is 0. The van der Waals surface area contributed by atoms with E-state index in [1.807, 2.05) is 18.2 Å². The Morgan fingerprint density at radius 2 is 1.77 bits per heavy atom. The lowest BCUT2D eigenvalue weighted by Crippen LogP contribution is -1.98. The highest BCUT2D eigenvalue weighted by molar-refractivity contribution is 5.87. The lowest BCUT2D eigenvalue weighted by atomic mass is 10.0. The van der Waals surface area contributed by atoms with Gasteiger partial charge in [0.05, 0.1) is 11.1 Å². The maximum atomic E-state index is 13.4. The number of aromatic nitrogens is 1. The Morgan fingerprint density at radius 1 is 1.00 bits per heavy atom. The molecule has 0 radical (unpaired) electrons. The number of nitrogens with zero attached hydrogens (tertiary/aromatic N) is 2. The van der Waals surface area contributed by atoms with Crippen LogP contribution in [0, 0.1) is 17.1 Å². The molecule has 0 saturated carbocycles. The van der Waals surface area contributed by atoms with Crippen LogP contribution < -0.4 is 4.74 Å². The molecule has 5 nitrogen and oxygen atoms in total. The Hall–Kier alpha value is -4.37. The summed E-state index contributed by atoms with van der Waals surface area (Å²) in [6, 6.07) is 22.1. The Balaban J connectivity index is 1.67. The number of nitriles is 1. The molecule has 0 fully saturated rings. The zero-order chi connectivity index (χ0) is 21.8. The lowest BCUT2D eigenvalue weighted by Gasteiger charge is -2.11. The Kier molecular flexibility index (Phi) is 5.50. The van der Waals surface area contributed by atoms with E-state index < -0.39 is 5.97 Å². The molecule has 1 aromatic heterocycles. The number of rotatable bonds is 6. The van der Waals surface area contributed by atoms with E-state index >= 15 is 0 Å². The molecule has 0 saturated heterocycles. The topological polar surface area (TPSA) is 75.2 Å². The van der Waals surface area contributed by atoms with Gasteiger partial charge in [0, 0.05) is 29.2 Å². The summed E-state index contributed by atoms with van der Waals surface area (Å²) in [5, 5.41) is 18.7. The summed E-state index contributed by atoms with van der Waals surface area (Å²) in [5.74, 6) is -0.754. The van der Waals surface area contributed by atoms with Crippen molar-refractivity contribution in [2.45, 2.75) is 6.61 Å². The molecule has 31 heavy (non-hydrogen) atoms. The van der Waals surface area contributed by atoms with Crippen LogP contribution in [0.15, 0.2) is 85.2 Å². The zero-order valence-electron chi connectivity index (χ0n) is 16.3. The van der Waals surface area contributed by atoms with Crippen molar-refractivity contribution in [1.82, 2.24) is 4.57 Å². The van der Waals surface area contributed by atoms with Crippen molar-refractivity contribution in [3.8, 4) is 28.6 Å². The van der Waals surface area contributed by atoms with Gasteiger partial charge in [-0.1, -0.05) is 30.3 Å². The lowest BCUT2D eigenvalue weighted by molar-refractivity contribution is 0.0697. The van der Waals surface area contributed by atoms with E-state index in [0.717, 1.165) is 11.3 Å². The van der Waals surface area contributed by atoms with Crippen molar-refractivity contribution in [3.63, 3.8) is 0 Å². The van der Waals surface area contributed by atoms with Crippen molar-refractivity contribution in [2.75, 3.05) is 0 Å². The van der Waals surface area contributed by atoms with Crippen molar-refractivity contribution < 1.29 is 19.0 Å². The number of carboxylic acid groups (broad SMARTS) is 1. The summed E-state index contributed by atoms with van der Waals surface area (Å²) < 4.78 is 21.1. The smallest absolute Gasteiger partial charge is 0.335 e. The van der Waals surface area contributed by atoms with Crippen molar-refractivity contribution in [2.24, 2.45) is 0 Å². The second-order valence-electron chi connectivity index (χ2n) is 6.87. The number of ether oxygens (including phenoxy) is 1. The van der Waals surface area contributed by atoms with E-state index in [2.05, 4.69) is 6.07 Å². The fourth-order valence-electron chi connectivity index (χ4n) is 3.29. The van der Waals surface area contributed by atoms with Gasteiger partial charge >= 0.3 is 5.97 Å². The van der Waals surface area contributed by atoms with Gasteiger partial charge in [-0.25, -0.2) is 9.18 Å². The fraction of sp³-hybridized carbons (Fsp3) is 0.0400. The Labute approximate surface area is 178 Å². The molecule has 0 unspecified atom stereocenters. The summed E-state index contributed by atoms with van der Waals surface area (Å²) in [6.07, 6.45) is 3.49. The molecule has 1 heterocycles. The highest BCUT2D eigenvalue weighted by Gasteiger charge is 2.15. The molecule has 4 aromatic rings. The summed E-state index contributed by atoms with van der Waals surface area (Å²) in [6.45, 7) is 0.189. The molecule has 3 aromatic carbocycles. The van der Waals surface area contributed by atoms with Crippen LogP contribution in [0.2, 0.25) is 0 Å². The number of hydrogen-bond acceptors (Lipinski definition) is 3. The molecule has 0 spiro atoms. The average molecular weight is 412 g/mol. The average Bonchev–Trinajstić information content (AvgIpc) is 3.22. The highest BCUT2D eigenvalue weighted by atomic mass is 19.1. The van der Waals surface area contributed by atoms with Crippen LogP contribution in [-0.2, 0) is 6.61 Å². The minimum absolute atomic E-state index is 0.188. The maximum Gasteiger partial charge on any atom is 0.335 e. The first kappa shape index (κ1) is 19.9. The molecule has 6 heteroatoms. The summed E-state index contributed by atoms with van der Waals surface area (Å²) in [7, 11) is 0. The first-order chi connectivity index (χ1) is 15.0. The quantitative estimate of drug-likeness (QED) is 0.458. The second-order valence-corrected chi connectivity index (χ2v) is 6.87. The van der Waals surface area contributed by atoms with Crippen molar-refractivity contribution in [1.29, 1.82) is 5.26 Å². The summed E-state index contributed by atoms with van der Waals surface area (Å²) in [5.41, 5.74) is 3.48. The first-order valence-electron chi connectivity index (χ1n) is 9.47. The van der Waals surface area contributed by atoms with Crippen molar-refractivity contribution in [3.05, 3.63) is 108 Å². The Morgan fingerprint density at radius 3 is 2.48 bits per heavy atom. The van der Waals surface area contributed by atoms with Crippen LogP contribution >= 0.6 is 0 Å². The highest BCUT2D eigenvalue weighted by Crippen LogP contribution is 2.34. The van der Waals surface area contributed by atoms with Gasteiger partial charge in [0.1, 0.15) is 24.2 Å². The molecule has 0 aliphatic rings. The van der Waals surface area contributed by atoms with E-state index in [4.69, 9.17) is 9.84 Å². The van der Waals surface area contributed by atoms with Gasteiger partial charge in [0.15, 0.2) is 0 Å². The number of aromatic carboxylic acids is 1. The Bertz CT molecular complexity index is 1290. The van der Waals surface area contributed by atoms with Gasteiger partial charge in [0.2, 0.25) is 0 Å². The predicted octanol–water partition coefficient (Wildman–Crippen LogP) is 5.43. The molecule has 0 aliphatic heterocycles. The molecule has 152 valence electrons. The minimum atomic E-state index is -0.998. The van der Waals surface area contributed by atoms with Gasteiger partial charge in [-0.15, -0.1) is 0 Å². The van der Waals surface area contributed by atoms with E-state index in [0.29, 0.717) is 22.4 Å². The largest absolute Gasteiger partial charge is 0.488 e. The third-order valence-electron chi connectivity index (χ3n) is 4.82. The van der Waals surface area contributed by atoms with Crippen LogP contribution in [0.5, 0.6) is 5.75 Å². The van der Waals surface area contributed by atoms with Gasteiger partial charge < -0.3 is 14.4 Å². The normalized spacial score (nSPS) is 10.5. The molecule has 0 amide bonds. The SMILES string of the molecule is N#Cc1cn(-c2ccc(C(=O)O)cc2)cc1-c1ccccc1OCc1cccc(F)c1. The number of para-hydroxylation sites is 1. The molecule has 4 rings (SSSR count). The van der Waals surface area contributed by atoms with Crippen LogP contribution in [0.3, 0.4) is 0 Å². The number of benzene rings is 3. The number of carboxylic acids is 1. The fourth-order valence-corrected chi connectivity index (χ4v) is 3.29. The second kappa shape index (κ2) is 8.56. The zero-order valence-corrected chi connectivity index (χ0v) is 16.3. The third kappa shape index (κ3) is 4.31. The van der Waals surface area contributed by atoms with Gasteiger partial charge in [-0.3, -0.25) is 0 Å². The van der Waals surface area contributed by atoms with E-state index in [9.17, 15) is 14.4 Å². The van der Waals surface area contributed by atoms with Crippen LogP contribution in [-0.4, -0.2) is 15.6 Å². The molecular weight excluding hydrogens is 395 g/mol. The van der Waals surface area contributed by atoms with Gasteiger partial charge in [-0.05, 0) is 48.0 Å². The van der Waals surface area contributed by atoms with Gasteiger partial charge in [0.25, 0.3) is 0 Å². The predicted molar refractivity (Wildman–Crippen MR) is 114 cm³/mol. The van der Waals surface area contributed by atoms with Crippen molar-refractivity contribution >= 4 is 5.97 Å². The first-order valence-corrected chi connectivity index (χ1v) is 9.47. The van der Waals surface area contributed by atoms with E-state index in [1.54, 1.807) is 47.3 Å². The standard InChI is InChI=1S/C25H17FN2O3/c26-20-5-3-4-17(12-20)16-31-24-7-2-1-6-22(24)23-15-28(14-19(23)13-27)21-10-8-18(9-11-21)25(29)30/h1-12,14-15H,16H2,(H,29,30). The van der Waals surface area contributed by atoms with E-state index in [-0.39, 0.29) is 18.0 Å². The molecule has 0 bridgehead atoms. The van der Waals surface area contributed by atoms with Gasteiger partial charge in [-0.2, -0.15) is 5.26 Å². The number of halogens is 1. The summed E-state index contributed by atoms with van der Waals surface area (Å²) in [4.78, 5) is 11.1. The molecule has 0 aliphatic carbocycles. The number of carbonyl (C=O) groups is 1. The number of hydrogen-bond donors (Lipinski definition) is 1.